The summed E-state index contributed by atoms with van der Waals surface area (Å²) in [7, 11) is 0. The molecule has 0 radical (unpaired) electrons. The summed E-state index contributed by atoms with van der Waals surface area (Å²) >= 11 is 1.82. The molecule has 1 atom stereocenters. The van der Waals surface area contributed by atoms with Crippen molar-refractivity contribution in [3.05, 3.63) is 23.8 Å². The van der Waals surface area contributed by atoms with E-state index in [1.807, 2.05) is 41.8 Å². The summed E-state index contributed by atoms with van der Waals surface area (Å²) in [6.45, 7) is 4.07. The van der Waals surface area contributed by atoms with Gasteiger partial charge in [-0.05, 0) is 24.1 Å². The van der Waals surface area contributed by atoms with Crippen molar-refractivity contribution in [2.45, 2.75) is 25.1 Å². The van der Waals surface area contributed by atoms with Crippen LogP contribution in [0.4, 0.5) is 0 Å². The number of hydrogen-bond acceptors (Lipinski definition) is 4. The Morgan fingerprint density at radius 2 is 2.15 bits per heavy atom. The Morgan fingerprint density at radius 1 is 1.35 bits per heavy atom. The molecule has 0 N–H and O–H groups in total. The Kier molecular flexibility index (Phi) is 4.05. The highest BCUT2D eigenvalue weighted by Crippen LogP contribution is 2.41. The van der Waals surface area contributed by atoms with Gasteiger partial charge in [-0.1, -0.05) is 13.0 Å². The van der Waals surface area contributed by atoms with Gasteiger partial charge in [0.1, 0.15) is 18.6 Å². The van der Waals surface area contributed by atoms with E-state index >= 15 is 0 Å². The second kappa shape index (κ2) is 5.95. The number of carbonyl (C=O) groups is 1. The normalized spacial score (nSPS) is 21.1. The summed E-state index contributed by atoms with van der Waals surface area (Å²) < 4.78 is 11.2. The van der Waals surface area contributed by atoms with E-state index in [0.717, 1.165) is 35.8 Å². The quantitative estimate of drug-likeness (QED) is 0.859. The molecule has 1 fully saturated rings. The van der Waals surface area contributed by atoms with Gasteiger partial charge in [0, 0.05) is 18.7 Å². The number of amides is 1. The third-order valence-corrected chi connectivity index (χ3v) is 4.79. The molecule has 2 aliphatic heterocycles. The minimum Gasteiger partial charge on any atom is -0.486 e. The van der Waals surface area contributed by atoms with Gasteiger partial charge in [0.15, 0.2) is 11.5 Å². The molecule has 0 bridgehead atoms. The fraction of sp³-hybridized carbons (Fsp3) is 0.533. The number of fused-ring (bicyclic) bond motifs is 1. The molecular formula is C15H19NO3S. The predicted octanol–water partition coefficient (Wildman–Crippen LogP) is 2.83. The van der Waals surface area contributed by atoms with Crippen molar-refractivity contribution in [3.63, 3.8) is 0 Å². The lowest BCUT2D eigenvalue weighted by Crippen LogP contribution is -2.30. The van der Waals surface area contributed by atoms with Crippen LogP contribution in [-0.4, -0.2) is 36.3 Å². The van der Waals surface area contributed by atoms with E-state index in [9.17, 15) is 4.79 Å². The Balaban J connectivity index is 1.82. The molecule has 0 spiro atoms. The van der Waals surface area contributed by atoms with Crippen LogP contribution in [0.5, 0.6) is 11.5 Å². The molecule has 4 nitrogen and oxygen atoms in total. The van der Waals surface area contributed by atoms with Gasteiger partial charge in [0.25, 0.3) is 0 Å². The topological polar surface area (TPSA) is 38.8 Å². The number of benzene rings is 1. The first-order chi connectivity index (χ1) is 9.79. The first-order valence-corrected chi connectivity index (χ1v) is 8.15. The minimum absolute atomic E-state index is 0.116. The highest BCUT2D eigenvalue weighted by atomic mass is 32.2. The van der Waals surface area contributed by atoms with Crippen LogP contribution >= 0.6 is 11.8 Å². The smallest absolute Gasteiger partial charge is 0.223 e. The maximum Gasteiger partial charge on any atom is 0.223 e. The Bertz CT molecular complexity index is 506. The van der Waals surface area contributed by atoms with Gasteiger partial charge in [-0.25, -0.2) is 0 Å². The van der Waals surface area contributed by atoms with Crippen molar-refractivity contribution in [1.29, 1.82) is 0 Å². The van der Waals surface area contributed by atoms with E-state index in [-0.39, 0.29) is 11.3 Å². The predicted molar refractivity (Wildman–Crippen MR) is 79.3 cm³/mol. The maximum atomic E-state index is 12.2. The van der Waals surface area contributed by atoms with Crippen molar-refractivity contribution in [3.8, 4) is 11.5 Å². The van der Waals surface area contributed by atoms with Crippen molar-refractivity contribution < 1.29 is 14.3 Å². The second-order valence-corrected chi connectivity index (χ2v) is 6.15. The van der Waals surface area contributed by atoms with Crippen LogP contribution in [0, 0.1) is 0 Å². The molecule has 0 aliphatic carbocycles. The largest absolute Gasteiger partial charge is 0.486 e. The van der Waals surface area contributed by atoms with Gasteiger partial charge in [-0.15, -0.1) is 11.8 Å². The molecule has 20 heavy (non-hydrogen) atoms. The lowest BCUT2D eigenvalue weighted by molar-refractivity contribution is -0.131. The first kappa shape index (κ1) is 13.6. The number of carbonyl (C=O) groups excluding carboxylic acids is 1. The molecule has 1 aromatic rings. The van der Waals surface area contributed by atoms with Gasteiger partial charge in [-0.2, -0.15) is 0 Å². The third-order valence-electron chi connectivity index (χ3n) is 3.53. The molecule has 2 aliphatic rings. The van der Waals surface area contributed by atoms with E-state index in [2.05, 4.69) is 0 Å². The van der Waals surface area contributed by atoms with Crippen LogP contribution in [0.1, 0.15) is 30.7 Å². The van der Waals surface area contributed by atoms with Crippen molar-refractivity contribution >= 4 is 17.7 Å². The van der Waals surface area contributed by atoms with Crippen LogP contribution in [0.2, 0.25) is 0 Å². The number of ether oxygens (including phenoxy) is 2. The molecule has 0 saturated carbocycles. The average Bonchev–Trinajstić information content (AvgIpc) is 2.96. The van der Waals surface area contributed by atoms with E-state index in [1.165, 1.54) is 0 Å². The first-order valence-electron chi connectivity index (χ1n) is 7.10. The van der Waals surface area contributed by atoms with Gasteiger partial charge in [0.2, 0.25) is 5.91 Å². The standard InChI is InChI=1S/C15H19NO3S/c1-2-3-14(17)16-6-9-20-15(16)11-4-5-12-13(10-11)19-8-7-18-12/h4-5,10,15H,2-3,6-9H2,1H3/t15-/m1/s1. The zero-order valence-electron chi connectivity index (χ0n) is 11.6. The zero-order valence-corrected chi connectivity index (χ0v) is 12.4. The minimum atomic E-state index is 0.116. The fourth-order valence-corrected chi connectivity index (χ4v) is 3.84. The number of thioether (sulfide) groups is 1. The molecule has 1 amide bonds. The molecule has 1 aromatic carbocycles. The monoisotopic (exact) mass is 293 g/mol. The molecule has 108 valence electrons. The summed E-state index contributed by atoms with van der Waals surface area (Å²) in [6.07, 6.45) is 1.52. The molecule has 5 heteroatoms. The summed E-state index contributed by atoms with van der Waals surface area (Å²) in [4.78, 5) is 14.2. The van der Waals surface area contributed by atoms with Crippen LogP contribution < -0.4 is 9.47 Å². The van der Waals surface area contributed by atoms with Gasteiger partial charge in [-0.3, -0.25) is 4.79 Å². The van der Waals surface area contributed by atoms with Crippen LogP contribution in [0.25, 0.3) is 0 Å². The van der Waals surface area contributed by atoms with Crippen molar-refractivity contribution in [2.24, 2.45) is 0 Å². The molecular weight excluding hydrogens is 274 g/mol. The van der Waals surface area contributed by atoms with E-state index < -0.39 is 0 Å². The summed E-state index contributed by atoms with van der Waals surface area (Å²) in [5.74, 6) is 2.84. The van der Waals surface area contributed by atoms with Gasteiger partial charge >= 0.3 is 0 Å². The molecule has 2 heterocycles. The highest BCUT2D eigenvalue weighted by Gasteiger charge is 2.30. The van der Waals surface area contributed by atoms with E-state index in [0.29, 0.717) is 19.6 Å². The Labute approximate surface area is 123 Å². The van der Waals surface area contributed by atoms with E-state index in [4.69, 9.17) is 9.47 Å². The SMILES string of the molecule is CCCC(=O)N1CCS[C@@H]1c1ccc2c(c1)OCCO2. The third kappa shape index (κ3) is 2.59. The Hall–Kier alpha value is -1.36. The maximum absolute atomic E-state index is 12.2. The molecule has 0 unspecified atom stereocenters. The van der Waals surface area contributed by atoms with E-state index in [1.54, 1.807) is 0 Å². The lowest BCUT2D eigenvalue weighted by Gasteiger charge is -2.26. The lowest BCUT2D eigenvalue weighted by atomic mass is 10.1. The Morgan fingerprint density at radius 3 is 2.95 bits per heavy atom. The summed E-state index contributed by atoms with van der Waals surface area (Å²) in [6, 6.07) is 6.01. The average molecular weight is 293 g/mol. The summed E-state index contributed by atoms with van der Waals surface area (Å²) in [5.41, 5.74) is 1.13. The second-order valence-electron chi connectivity index (χ2n) is 4.96. The van der Waals surface area contributed by atoms with Crippen LogP contribution in [0.3, 0.4) is 0 Å². The number of rotatable bonds is 3. The van der Waals surface area contributed by atoms with Gasteiger partial charge < -0.3 is 14.4 Å². The number of nitrogens with zero attached hydrogens (tertiary/aromatic N) is 1. The molecule has 0 aromatic heterocycles. The van der Waals surface area contributed by atoms with Crippen LogP contribution in [0.15, 0.2) is 18.2 Å². The molecule has 3 rings (SSSR count). The number of hydrogen-bond donors (Lipinski definition) is 0. The fourth-order valence-electron chi connectivity index (χ4n) is 2.57. The van der Waals surface area contributed by atoms with Gasteiger partial charge in [0.05, 0.1) is 0 Å². The van der Waals surface area contributed by atoms with Crippen molar-refractivity contribution in [1.82, 2.24) is 4.90 Å². The highest BCUT2D eigenvalue weighted by molar-refractivity contribution is 7.99. The zero-order chi connectivity index (χ0) is 13.9. The van der Waals surface area contributed by atoms with Crippen LogP contribution in [-0.2, 0) is 4.79 Å². The van der Waals surface area contributed by atoms with Crippen molar-refractivity contribution in [2.75, 3.05) is 25.5 Å². The molecule has 1 saturated heterocycles. The summed E-state index contributed by atoms with van der Waals surface area (Å²) in [5, 5.41) is 0.116.